The molecule has 0 unspecified atom stereocenters. The molecule has 2 aliphatic heterocycles. The molecule has 0 aromatic carbocycles. The first-order valence-corrected chi connectivity index (χ1v) is 9.11. The van der Waals surface area contributed by atoms with Crippen molar-refractivity contribution in [2.75, 3.05) is 26.7 Å². The minimum atomic E-state index is 0.101. The molecule has 2 fully saturated rings. The molecule has 3 rings (SSSR count). The summed E-state index contributed by atoms with van der Waals surface area (Å²) in [5, 5.41) is 2.75. The second-order valence-electron chi connectivity index (χ2n) is 6.11. The van der Waals surface area contributed by atoms with Crippen LogP contribution in [-0.4, -0.2) is 59.5 Å². The number of carbonyl (C=O) groups excluding carboxylic acids is 1. The number of thiazole rings is 1. The van der Waals surface area contributed by atoms with Crippen LogP contribution in [0.1, 0.15) is 48.1 Å². The van der Waals surface area contributed by atoms with E-state index in [2.05, 4.69) is 21.7 Å². The second kappa shape index (κ2) is 7.06. The van der Waals surface area contributed by atoms with E-state index in [0.29, 0.717) is 24.4 Å². The van der Waals surface area contributed by atoms with Gasteiger partial charge in [-0.1, -0.05) is 6.92 Å². The summed E-state index contributed by atoms with van der Waals surface area (Å²) in [5.41, 5.74) is 0.588. The molecule has 6 heteroatoms. The van der Waals surface area contributed by atoms with Crippen LogP contribution in [0.4, 0.5) is 0 Å². The van der Waals surface area contributed by atoms with Gasteiger partial charge >= 0.3 is 0 Å². The Morgan fingerprint density at radius 1 is 1.36 bits per heavy atom. The normalized spacial score (nSPS) is 26.0. The number of methoxy groups -OCH3 is 1. The molecule has 1 aromatic heterocycles. The third kappa shape index (κ3) is 3.05. The van der Waals surface area contributed by atoms with Crippen LogP contribution in [0, 0.1) is 0 Å². The monoisotopic (exact) mass is 323 g/mol. The number of nitrogens with zero attached hydrogens (tertiary/aromatic N) is 3. The predicted octanol–water partition coefficient (Wildman–Crippen LogP) is 2.38. The van der Waals surface area contributed by atoms with Crippen molar-refractivity contribution >= 4 is 17.2 Å². The molecule has 5 nitrogen and oxygen atoms in total. The maximum absolute atomic E-state index is 12.8. The molecule has 0 saturated carbocycles. The summed E-state index contributed by atoms with van der Waals surface area (Å²) in [6.07, 6.45) is 4.71. The van der Waals surface area contributed by atoms with Crippen LogP contribution in [0.5, 0.6) is 0 Å². The van der Waals surface area contributed by atoms with Crippen LogP contribution in [0.3, 0.4) is 0 Å². The van der Waals surface area contributed by atoms with Crippen molar-refractivity contribution in [2.24, 2.45) is 0 Å². The van der Waals surface area contributed by atoms with Gasteiger partial charge in [-0.3, -0.25) is 9.69 Å². The molecule has 122 valence electrons. The van der Waals surface area contributed by atoms with E-state index in [1.165, 1.54) is 30.7 Å². The predicted molar refractivity (Wildman–Crippen MR) is 87.2 cm³/mol. The van der Waals surface area contributed by atoms with Gasteiger partial charge < -0.3 is 9.64 Å². The lowest BCUT2D eigenvalue weighted by atomic mass is 10.0. The zero-order valence-electron chi connectivity index (χ0n) is 13.5. The Balaban J connectivity index is 1.73. The number of hydrogen-bond donors (Lipinski definition) is 0. The Labute approximate surface area is 136 Å². The topological polar surface area (TPSA) is 45.7 Å². The number of carbonyl (C=O) groups is 1. The Bertz CT molecular complexity index is 519. The van der Waals surface area contributed by atoms with Gasteiger partial charge in [0.05, 0.1) is 6.61 Å². The van der Waals surface area contributed by atoms with Crippen molar-refractivity contribution in [1.29, 1.82) is 0 Å². The van der Waals surface area contributed by atoms with Crippen LogP contribution in [0.15, 0.2) is 5.38 Å². The fourth-order valence-electron chi connectivity index (χ4n) is 3.87. The molecule has 2 saturated heterocycles. The molecular formula is C16H25N3O2S. The Morgan fingerprint density at radius 2 is 2.14 bits per heavy atom. The molecule has 22 heavy (non-hydrogen) atoms. The van der Waals surface area contributed by atoms with E-state index in [-0.39, 0.29) is 5.91 Å². The molecule has 1 aromatic rings. The zero-order valence-corrected chi connectivity index (χ0v) is 14.3. The summed E-state index contributed by atoms with van der Waals surface area (Å²) < 4.78 is 5.09. The van der Waals surface area contributed by atoms with E-state index in [0.717, 1.165) is 30.9 Å². The standard InChI is InChI=1S/C16H25N3O2S/c1-3-18-8-4-6-13(18)14-7-5-9-19(14)16(20)12-11-22-15(17-12)10-21-2/h11,13-14H,3-10H2,1-2H3/t13-,14-/m0/s1. The van der Waals surface area contributed by atoms with Crippen molar-refractivity contribution in [1.82, 2.24) is 14.8 Å². The van der Waals surface area contributed by atoms with Crippen molar-refractivity contribution in [2.45, 2.75) is 51.3 Å². The summed E-state index contributed by atoms with van der Waals surface area (Å²) in [6, 6.07) is 0.899. The first kappa shape index (κ1) is 15.9. The van der Waals surface area contributed by atoms with E-state index in [1.54, 1.807) is 7.11 Å². The minimum Gasteiger partial charge on any atom is -0.378 e. The molecule has 0 bridgehead atoms. The summed E-state index contributed by atoms with van der Waals surface area (Å²) in [7, 11) is 1.65. The van der Waals surface area contributed by atoms with Crippen molar-refractivity contribution < 1.29 is 9.53 Å². The molecule has 1 amide bonds. The Morgan fingerprint density at radius 3 is 2.91 bits per heavy atom. The third-order valence-electron chi connectivity index (χ3n) is 4.86. The average molecular weight is 323 g/mol. The van der Waals surface area contributed by atoms with E-state index in [1.807, 2.05) is 5.38 Å². The number of likely N-dealkylation sites (tertiary alicyclic amines) is 2. The van der Waals surface area contributed by atoms with Crippen molar-refractivity contribution in [3.8, 4) is 0 Å². The summed E-state index contributed by atoms with van der Waals surface area (Å²) in [5.74, 6) is 0.101. The van der Waals surface area contributed by atoms with E-state index < -0.39 is 0 Å². The van der Waals surface area contributed by atoms with Crippen molar-refractivity contribution in [3.63, 3.8) is 0 Å². The zero-order chi connectivity index (χ0) is 15.5. The van der Waals surface area contributed by atoms with Gasteiger partial charge in [-0.15, -0.1) is 11.3 Å². The number of ether oxygens (including phenoxy) is 1. The highest BCUT2D eigenvalue weighted by Gasteiger charge is 2.39. The SMILES string of the molecule is CCN1CCC[C@H]1[C@@H]1CCCN1C(=O)c1csc(COC)n1. The van der Waals surface area contributed by atoms with Gasteiger partial charge in [-0.25, -0.2) is 4.98 Å². The maximum Gasteiger partial charge on any atom is 0.273 e. The molecule has 0 aliphatic carbocycles. The quantitative estimate of drug-likeness (QED) is 0.834. The van der Waals surface area contributed by atoms with Gasteiger partial charge in [-0.2, -0.15) is 0 Å². The molecule has 3 heterocycles. The van der Waals surface area contributed by atoms with Gasteiger partial charge in [0, 0.05) is 31.1 Å². The fraction of sp³-hybridized carbons (Fsp3) is 0.750. The fourth-order valence-corrected chi connectivity index (χ4v) is 4.61. The highest BCUT2D eigenvalue weighted by atomic mass is 32.1. The Hall–Kier alpha value is -0.980. The molecule has 2 atom stereocenters. The Kier molecular flexibility index (Phi) is 5.10. The summed E-state index contributed by atoms with van der Waals surface area (Å²) in [4.78, 5) is 21.9. The van der Waals surface area contributed by atoms with Crippen LogP contribution >= 0.6 is 11.3 Å². The van der Waals surface area contributed by atoms with E-state index in [9.17, 15) is 4.79 Å². The lowest BCUT2D eigenvalue weighted by Gasteiger charge is -2.34. The van der Waals surface area contributed by atoms with Crippen molar-refractivity contribution in [3.05, 3.63) is 16.1 Å². The van der Waals surface area contributed by atoms with Crippen LogP contribution in [-0.2, 0) is 11.3 Å². The largest absolute Gasteiger partial charge is 0.378 e. The molecule has 0 spiro atoms. The first-order chi connectivity index (χ1) is 10.7. The van der Waals surface area contributed by atoms with Gasteiger partial charge in [-0.05, 0) is 38.8 Å². The summed E-state index contributed by atoms with van der Waals surface area (Å²) in [6.45, 7) is 5.82. The van der Waals surface area contributed by atoms with Gasteiger partial charge in [0.25, 0.3) is 5.91 Å². The number of likely N-dealkylation sites (N-methyl/N-ethyl adjacent to an activating group) is 1. The lowest BCUT2D eigenvalue weighted by Crippen LogP contribution is -2.48. The smallest absolute Gasteiger partial charge is 0.273 e. The van der Waals surface area contributed by atoms with E-state index in [4.69, 9.17) is 4.74 Å². The van der Waals surface area contributed by atoms with Gasteiger partial charge in [0.2, 0.25) is 0 Å². The van der Waals surface area contributed by atoms with Crippen LogP contribution in [0.2, 0.25) is 0 Å². The van der Waals surface area contributed by atoms with Crippen LogP contribution < -0.4 is 0 Å². The lowest BCUT2D eigenvalue weighted by molar-refractivity contribution is 0.0644. The van der Waals surface area contributed by atoms with E-state index >= 15 is 0 Å². The molecule has 0 N–H and O–H groups in total. The van der Waals surface area contributed by atoms with Gasteiger partial charge in [0.15, 0.2) is 0 Å². The molecule has 0 radical (unpaired) electrons. The van der Waals surface area contributed by atoms with Gasteiger partial charge in [0.1, 0.15) is 10.7 Å². The second-order valence-corrected chi connectivity index (χ2v) is 7.05. The first-order valence-electron chi connectivity index (χ1n) is 8.23. The highest BCUT2D eigenvalue weighted by molar-refractivity contribution is 7.09. The maximum atomic E-state index is 12.8. The number of aromatic nitrogens is 1. The highest BCUT2D eigenvalue weighted by Crippen LogP contribution is 2.31. The minimum absolute atomic E-state index is 0.101. The molecule has 2 aliphatic rings. The average Bonchev–Trinajstić information content (AvgIpc) is 3.25. The third-order valence-corrected chi connectivity index (χ3v) is 5.69. The molecular weight excluding hydrogens is 298 g/mol. The number of hydrogen-bond acceptors (Lipinski definition) is 5. The van der Waals surface area contributed by atoms with Crippen LogP contribution in [0.25, 0.3) is 0 Å². The number of rotatable bonds is 5. The number of amides is 1. The summed E-state index contributed by atoms with van der Waals surface area (Å²) >= 11 is 1.51.